The van der Waals surface area contributed by atoms with Crippen LogP contribution in [0, 0.1) is 5.92 Å². The Labute approximate surface area is 189 Å². The van der Waals surface area contributed by atoms with Crippen molar-refractivity contribution in [2.24, 2.45) is 5.92 Å². The molecule has 1 saturated heterocycles. The van der Waals surface area contributed by atoms with Gasteiger partial charge in [0, 0.05) is 38.8 Å². The van der Waals surface area contributed by atoms with E-state index in [-0.39, 0.29) is 11.8 Å². The third kappa shape index (κ3) is 4.59. The van der Waals surface area contributed by atoms with Crippen LogP contribution in [0.15, 0.2) is 41.3 Å². The van der Waals surface area contributed by atoms with Crippen LogP contribution in [0.5, 0.6) is 0 Å². The minimum atomic E-state index is -3.53. The SMILES string of the molecule is CN(C)c1ccc(NC(=O)C2CCN(S(=O)(=O)c3ccc4c(c3)CCC4)CC2)cc1Cl. The molecule has 4 rings (SSSR count). The summed E-state index contributed by atoms with van der Waals surface area (Å²) in [5.74, 6) is -0.318. The van der Waals surface area contributed by atoms with Crippen LogP contribution in [0.3, 0.4) is 0 Å². The van der Waals surface area contributed by atoms with Gasteiger partial charge in [0.2, 0.25) is 15.9 Å². The standard InChI is InChI=1S/C23H28ClN3O3S/c1-26(2)22-9-7-19(15-21(22)24)25-23(28)17-10-12-27(13-11-17)31(29,30)20-8-6-16-4-3-5-18(16)14-20/h6-9,14-15,17H,3-5,10-13H2,1-2H3,(H,25,28). The molecule has 1 amide bonds. The second-order valence-corrected chi connectivity index (χ2v) is 10.9. The molecule has 2 aromatic carbocycles. The lowest BCUT2D eigenvalue weighted by Gasteiger charge is -2.30. The first-order chi connectivity index (χ1) is 14.8. The number of rotatable bonds is 5. The molecule has 0 saturated carbocycles. The zero-order valence-electron chi connectivity index (χ0n) is 17.9. The molecule has 1 aliphatic heterocycles. The maximum atomic E-state index is 13.1. The number of nitrogens with zero attached hydrogens (tertiary/aromatic N) is 2. The molecule has 31 heavy (non-hydrogen) atoms. The van der Waals surface area contributed by atoms with Crippen LogP contribution in [-0.2, 0) is 27.7 Å². The van der Waals surface area contributed by atoms with Gasteiger partial charge in [0.15, 0.2) is 0 Å². The minimum Gasteiger partial charge on any atom is -0.376 e. The number of aryl methyl sites for hydroxylation is 2. The molecular weight excluding hydrogens is 434 g/mol. The van der Waals surface area contributed by atoms with Gasteiger partial charge < -0.3 is 10.2 Å². The molecule has 1 heterocycles. The maximum Gasteiger partial charge on any atom is 0.243 e. The molecule has 8 heteroatoms. The zero-order chi connectivity index (χ0) is 22.2. The van der Waals surface area contributed by atoms with Gasteiger partial charge in [0.25, 0.3) is 0 Å². The number of piperidine rings is 1. The number of sulfonamides is 1. The highest BCUT2D eigenvalue weighted by Crippen LogP contribution is 2.30. The Hall–Kier alpha value is -2.09. The highest BCUT2D eigenvalue weighted by molar-refractivity contribution is 7.89. The summed E-state index contributed by atoms with van der Waals surface area (Å²) in [6, 6.07) is 10.9. The molecule has 6 nitrogen and oxygen atoms in total. The Kier molecular flexibility index (Phi) is 6.28. The molecule has 166 valence electrons. The lowest BCUT2D eigenvalue weighted by molar-refractivity contribution is -0.120. The van der Waals surface area contributed by atoms with Crippen molar-refractivity contribution in [3.63, 3.8) is 0 Å². The average Bonchev–Trinajstić information content (AvgIpc) is 3.21. The lowest BCUT2D eigenvalue weighted by atomic mass is 9.97. The van der Waals surface area contributed by atoms with Crippen molar-refractivity contribution >= 4 is 38.9 Å². The van der Waals surface area contributed by atoms with Gasteiger partial charge in [-0.05, 0) is 73.6 Å². The topological polar surface area (TPSA) is 69.7 Å². The number of hydrogen-bond donors (Lipinski definition) is 1. The highest BCUT2D eigenvalue weighted by atomic mass is 35.5. The summed E-state index contributed by atoms with van der Waals surface area (Å²) in [5.41, 5.74) is 3.93. The molecule has 0 unspecified atom stereocenters. The minimum absolute atomic E-state index is 0.0942. The molecule has 1 fully saturated rings. The summed E-state index contributed by atoms with van der Waals surface area (Å²) in [6.45, 7) is 0.690. The second-order valence-electron chi connectivity index (χ2n) is 8.51. The summed E-state index contributed by atoms with van der Waals surface area (Å²) in [5, 5.41) is 3.49. The number of amides is 1. The number of anilines is 2. The molecule has 2 aliphatic rings. The summed E-state index contributed by atoms with van der Waals surface area (Å²) in [6.07, 6.45) is 4.06. The van der Waals surface area contributed by atoms with Crippen LogP contribution in [0.1, 0.15) is 30.4 Å². The summed E-state index contributed by atoms with van der Waals surface area (Å²) in [4.78, 5) is 15.0. The number of nitrogens with one attached hydrogen (secondary N) is 1. The van der Waals surface area contributed by atoms with Gasteiger partial charge in [0.05, 0.1) is 15.6 Å². The van der Waals surface area contributed by atoms with Crippen LogP contribution in [0.4, 0.5) is 11.4 Å². The van der Waals surface area contributed by atoms with Crippen LogP contribution in [-0.4, -0.2) is 45.8 Å². The Morgan fingerprint density at radius 1 is 1.06 bits per heavy atom. The monoisotopic (exact) mass is 461 g/mol. The van der Waals surface area contributed by atoms with E-state index >= 15 is 0 Å². The third-order valence-electron chi connectivity index (χ3n) is 6.23. The van der Waals surface area contributed by atoms with Gasteiger partial charge >= 0.3 is 0 Å². The fourth-order valence-corrected chi connectivity index (χ4v) is 6.28. The smallest absolute Gasteiger partial charge is 0.243 e. The van der Waals surface area contributed by atoms with Gasteiger partial charge in [-0.3, -0.25) is 4.79 Å². The summed E-state index contributed by atoms with van der Waals surface area (Å²) < 4.78 is 27.7. The van der Waals surface area contributed by atoms with E-state index in [9.17, 15) is 13.2 Å². The summed E-state index contributed by atoms with van der Waals surface area (Å²) in [7, 11) is 0.283. The van der Waals surface area contributed by atoms with Crippen molar-refractivity contribution in [1.82, 2.24) is 4.31 Å². The number of hydrogen-bond acceptors (Lipinski definition) is 4. The van der Waals surface area contributed by atoms with E-state index < -0.39 is 10.0 Å². The van der Waals surface area contributed by atoms with E-state index in [0.717, 1.165) is 30.5 Å². The lowest BCUT2D eigenvalue weighted by Crippen LogP contribution is -2.41. The maximum absolute atomic E-state index is 13.1. The van der Waals surface area contributed by atoms with Gasteiger partial charge in [-0.1, -0.05) is 17.7 Å². The number of benzene rings is 2. The average molecular weight is 462 g/mol. The first-order valence-electron chi connectivity index (χ1n) is 10.7. The van der Waals surface area contributed by atoms with Crippen LogP contribution in [0.2, 0.25) is 5.02 Å². The quantitative estimate of drug-likeness (QED) is 0.732. The van der Waals surface area contributed by atoms with Gasteiger partial charge in [-0.15, -0.1) is 0 Å². The predicted molar refractivity (Wildman–Crippen MR) is 124 cm³/mol. The first-order valence-corrected chi connectivity index (χ1v) is 12.5. The zero-order valence-corrected chi connectivity index (χ0v) is 19.5. The Morgan fingerprint density at radius 3 is 2.45 bits per heavy atom. The number of fused-ring (bicyclic) bond motifs is 1. The molecular formula is C23H28ClN3O3S. The van der Waals surface area contributed by atoms with Gasteiger partial charge in [0.1, 0.15) is 0 Å². The van der Waals surface area contributed by atoms with Crippen LogP contribution in [0.25, 0.3) is 0 Å². The fourth-order valence-electron chi connectivity index (χ4n) is 4.41. The second kappa shape index (κ2) is 8.81. The van der Waals surface area contributed by atoms with Crippen molar-refractivity contribution in [2.45, 2.75) is 37.0 Å². The van der Waals surface area contributed by atoms with Crippen LogP contribution < -0.4 is 10.2 Å². The molecule has 0 aromatic heterocycles. The van der Waals surface area contributed by atoms with Crippen LogP contribution >= 0.6 is 11.6 Å². The van der Waals surface area contributed by atoms with E-state index in [1.165, 1.54) is 9.87 Å². The Bertz CT molecular complexity index is 1090. The van der Waals surface area contributed by atoms with E-state index in [1.807, 2.05) is 43.3 Å². The van der Waals surface area contributed by atoms with E-state index in [4.69, 9.17) is 11.6 Å². The normalized spacial score (nSPS) is 17.4. The van der Waals surface area contributed by atoms with E-state index in [1.54, 1.807) is 12.1 Å². The molecule has 0 radical (unpaired) electrons. The first kappa shape index (κ1) is 22.1. The van der Waals surface area contributed by atoms with E-state index in [2.05, 4.69) is 5.32 Å². The molecule has 1 aliphatic carbocycles. The van der Waals surface area contributed by atoms with Gasteiger partial charge in [-0.2, -0.15) is 4.31 Å². The van der Waals surface area contributed by atoms with Crippen molar-refractivity contribution < 1.29 is 13.2 Å². The predicted octanol–water partition coefficient (Wildman–Crippen LogP) is 3.93. The Balaban J connectivity index is 1.38. The van der Waals surface area contributed by atoms with Crippen molar-refractivity contribution in [3.05, 3.63) is 52.5 Å². The molecule has 0 spiro atoms. The van der Waals surface area contributed by atoms with Gasteiger partial charge in [-0.25, -0.2) is 8.42 Å². The van der Waals surface area contributed by atoms with Crippen molar-refractivity contribution in [2.75, 3.05) is 37.4 Å². The molecule has 0 bridgehead atoms. The molecule has 1 N–H and O–H groups in total. The molecule has 0 atom stereocenters. The Morgan fingerprint density at radius 2 is 1.77 bits per heavy atom. The van der Waals surface area contributed by atoms with Crippen molar-refractivity contribution in [1.29, 1.82) is 0 Å². The van der Waals surface area contributed by atoms with E-state index in [0.29, 0.717) is 41.5 Å². The number of carbonyl (C=O) groups is 1. The number of carbonyl (C=O) groups excluding carboxylic acids is 1. The van der Waals surface area contributed by atoms with Crippen molar-refractivity contribution in [3.8, 4) is 0 Å². The number of halogens is 1. The fraction of sp³-hybridized carbons (Fsp3) is 0.435. The molecule has 2 aromatic rings. The highest BCUT2D eigenvalue weighted by Gasteiger charge is 2.32. The summed E-state index contributed by atoms with van der Waals surface area (Å²) >= 11 is 6.29. The largest absolute Gasteiger partial charge is 0.376 e. The third-order valence-corrected chi connectivity index (χ3v) is 8.43.